The Kier molecular flexibility index (Phi) is 4.22. The second-order valence-corrected chi connectivity index (χ2v) is 7.01. The Morgan fingerprint density at radius 3 is 2.45 bits per heavy atom. The van der Waals surface area contributed by atoms with Gasteiger partial charge in [0.25, 0.3) is 0 Å². The van der Waals surface area contributed by atoms with Crippen LogP contribution in [-0.4, -0.2) is 8.42 Å². The molecule has 2 rings (SSSR count). The third-order valence-electron chi connectivity index (χ3n) is 2.68. The first-order valence-electron chi connectivity index (χ1n) is 5.51. The van der Waals surface area contributed by atoms with Crippen molar-refractivity contribution in [3.05, 3.63) is 57.8 Å². The number of sulfone groups is 1. The zero-order valence-electron chi connectivity index (χ0n) is 10.1. The van der Waals surface area contributed by atoms with Gasteiger partial charge in [-0.15, -0.1) is 0 Å². The van der Waals surface area contributed by atoms with Crippen molar-refractivity contribution in [1.29, 1.82) is 0 Å². The summed E-state index contributed by atoms with van der Waals surface area (Å²) in [6, 6.07) is 7.90. The number of hydrogen-bond donors (Lipinski definition) is 1. The van der Waals surface area contributed by atoms with Gasteiger partial charge in [-0.1, -0.05) is 23.2 Å². The molecule has 20 heavy (non-hydrogen) atoms. The molecule has 0 atom stereocenters. The molecular weight excluding hydrogens is 324 g/mol. The van der Waals surface area contributed by atoms with E-state index in [1.807, 2.05) is 0 Å². The Balaban J connectivity index is 2.40. The van der Waals surface area contributed by atoms with Crippen LogP contribution in [0.4, 0.5) is 10.1 Å². The van der Waals surface area contributed by atoms with Gasteiger partial charge in [-0.05, 0) is 42.0 Å². The Morgan fingerprint density at radius 2 is 1.80 bits per heavy atom. The molecule has 0 saturated heterocycles. The number of halogens is 3. The molecule has 7 heteroatoms. The Bertz CT molecular complexity index is 763. The smallest absolute Gasteiger partial charge is 0.182 e. The lowest BCUT2D eigenvalue weighted by atomic mass is 10.2. The van der Waals surface area contributed by atoms with Crippen LogP contribution >= 0.6 is 23.2 Å². The highest BCUT2D eigenvalue weighted by atomic mass is 35.5. The lowest BCUT2D eigenvalue weighted by Gasteiger charge is -2.08. The van der Waals surface area contributed by atoms with E-state index in [9.17, 15) is 12.8 Å². The van der Waals surface area contributed by atoms with Gasteiger partial charge in [0.1, 0.15) is 5.82 Å². The Hall–Kier alpha value is -1.30. The summed E-state index contributed by atoms with van der Waals surface area (Å²) < 4.78 is 37.8. The van der Waals surface area contributed by atoms with Crippen LogP contribution in [0.15, 0.2) is 41.3 Å². The molecule has 0 unspecified atom stereocenters. The van der Waals surface area contributed by atoms with Gasteiger partial charge in [0.2, 0.25) is 0 Å². The zero-order valence-corrected chi connectivity index (χ0v) is 12.4. The second kappa shape index (κ2) is 5.60. The van der Waals surface area contributed by atoms with Crippen LogP contribution in [0.25, 0.3) is 0 Å². The third kappa shape index (κ3) is 3.23. The first-order valence-corrected chi connectivity index (χ1v) is 7.92. The van der Waals surface area contributed by atoms with Crippen molar-refractivity contribution in [2.45, 2.75) is 10.6 Å². The predicted molar refractivity (Wildman–Crippen MR) is 78.2 cm³/mol. The van der Waals surface area contributed by atoms with E-state index in [2.05, 4.69) is 0 Å². The molecule has 0 aliphatic heterocycles. The Labute approximate surface area is 126 Å². The number of anilines is 1. The van der Waals surface area contributed by atoms with Gasteiger partial charge in [-0.3, -0.25) is 0 Å². The summed E-state index contributed by atoms with van der Waals surface area (Å²) in [5, 5.41) is 0.664. The molecule has 0 aromatic heterocycles. The minimum Gasteiger partial charge on any atom is -0.396 e. The highest BCUT2D eigenvalue weighted by molar-refractivity contribution is 7.90. The van der Waals surface area contributed by atoms with Crippen molar-refractivity contribution in [2.24, 2.45) is 0 Å². The second-order valence-electron chi connectivity index (χ2n) is 4.18. The maximum atomic E-state index is 13.4. The van der Waals surface area contributed by atoms with Gasteiger partial charge in [0.15, 0.2) is 9.84 Å². The van der Waals surface area contributed by atoms with Gasteiger partial charge >= 0.3 is 0 Å². The van der Waals surface area contributed by atoms with Gasteiger partial charge in [-0.25, -0.2) is 12.8 Å². The minimum absolute atomic E-state index is 0.107. The fraction of sp³-hybridized carbons (Fsp3) is 0.0769. The van der Waals surface area contributed by atoms with E-state index in [0.717, 1.165) is 6.07 Å². The molecule has 2 aromatic carbocycles. The lowest BCUT2D eigenvalue weighted by Crippen LogP contribution is -2.06. The molecular formula is C13H10Cl2FNO2S. The molecule has 0 amide bonds. The number of benzene rings is 2. The SMILES string of the molecule is Nc1ccc(S(=O)(=O)Cc2cc(Cl)ccc2Cl)cc1F. The fourth-order valence-electron chi connectivity index (χ4n) is 1.64. The summed E-state index contributed by atoms with van der Waals surface area (Å²) in [4.78, 5) is -0.153. The number of nitrogen functional groups attached to an aromatic ring is 1. The van der Waals surface area contributed by atoms with Crippen molar-refractivity contribution >= 4 is 38.7 Å². The van der Waals surface area contributed by atoms with Gasteiger partial charge in [-0.2, -0.15) is 0 Å². The average molecular weight is 334 g/mol. The number of hydrogen-bond acceptors (Lipinski definition) is 3. The fourth-order valence-corrected chi connectivity index (χ4v) is 3.47. The largest absolute Gasteiger partial charge is 0.396 e. The topological polar surface area (TPSA) is 60.2 Å². The normalized spacial score (nSPS) is 11.6. The molecule has 0 saturated carbocycles. The van der Waals surface area contributed by atoms with E-state index in [1.165, 1.54) is 24.3 Å². The highest BCUT2D eigenvalue weighted by Gasteiger charge is 2.18. The van der Waals surface area contributed by atoms with E-state index in [4.69, 9.17) is 28.9 Å². The molecule has 0 heterocycles. The molecule has 2 aromatic rings. The summed E-state index contributed by atoms with van der Waals surface area (Å²) in [7, 11) is -3.73. The molecule has 106 valence electrons. The Morgan fingerprint density at radius 1 is 1.10 bits per heavy atom. The molecule has 0 aliphatic rings. The van der Waals surface area contributed by atoms with Crippen molar-refractivity contribution in [1.82, 2.24) is 0 Å². The van der Waals surface area contributed by atoms with Crippen molar-refractivity contribution in [2.75, 3.05) is 5.73 Å². The summed E-state index contributed by atoms with van der Waals surface area (Å²) in [5.41, 5.74) is 5.57. The van der Waals surface area contributed by atoms with E-state index in [1.54, 1.807) is 6.07 Å². The number of nitrogens with two attached hydrogens (primary N) is 1. The molecule has 0 aliphatic carbocycles. The van der Waals surface area contributed by atoms with Crippen LogP contribution < -0.4 is 5.73 Å². The average Bonchev–Trinajstić information content (AvgIpc) is 2.36. The summed E-state index contributed by atoms with van der Waals surface area (Å²) in [6.07, 6.45) is 0. The van der Waals surface area contributed by atoms with Gasteiger partial charge in [0, 0.05) is 10.0 Å². The predicted octanol–water partition coefficient (Wildman–Crippen LogP) is 3.69. The van der Waals surface area contributed by atoms with Crippen LogP contribution in [-0.2, 0) is 15.6 Å². The summed E-state index contributed by atoms with van der Waals surface area (Å²) in [5.74, 6) is -1.14. The van der Waals surface area contributed by atoms with Crippen LogP contribution in [0, 0.1) is 5.82 Å². The molecule has 0 fully saturated rings. The van der Waals surface area contributed by atoms with Crippen molar-refractivity contribution in [3.8, 4) is 0 Å². The summed E-state index contributed by atoms with van der Waals surface area (Å²) in [6.45, 7) is 0. The molecule has 0 spiro atoms. The maximum Gasteiger partial charge on any atom is 0.182 e. The minimum atomic E-state index is -3.73. The highest BCUT2D eigenvalue weighted by Crippen LogP contribution is 2.26. The monoisotopic (exact) mass is 333 g/mol. The maximum absolute atomic E-state index is 13.4. The molecule has 0 radical (unpaired) electrons. The number of rotatable bonds is 3. The molecule has 0 bridgehead atoms. The molecule has 3 nitrogen and oxygen atoms in total. The van der Waals surface area contributed by atoms with Crippen molar-refractivity contribution < 1.29 is 12.8 Å². The van der Waals surface area contributed by atoms with Crippen LogP contribution in [0.1, 0.15) is 5.56 Å². The zero-order chi connectivity index (χ0) is 14.9. The van der Waals surface area contributed by atoms with Crippen LogP contribution in [0.5, 0.6) is 0 Å². The van der Waals surface area contributed by atoms with Crippen LogP contribution in [0.2, 0.25) is 10.0 Å². The van der Waals surface area contributed by atoms with E-state index in [-0.39, 0.29) is 21.4 Å². The quantitative estimate of drug-likeness (QED) is 0.871. The molecule has 2 N–H and O–H groups in total. The standard InChI is InChI=1S/C13H10Cl2FNO2S/c14-9-1-3-11(15)8(5-9)7-20(18,19)10-2-4-13(17)12(16)6-10/h1-6H,7,17H2. The first-order chi connectivity index (χ1) is 9.29. The van der Waals surface area contributed by atoms with Gasteiger partial charge in [0.05, 0.1) is 16.3 Å². The third-order valence-corrected chi connectivity index (χ3v) is 4.95. The summed E-state index contributed by atoms with van der Waals surface area (Å²) >= 11 is 11.7. The van der Waals surface area contributed by atoms with Crippen LogP contribution in [0.3, 0.4) is 0 Å². The van der Waals surface area contributed by atoms with E-state index >= 15 is 0 Å². The van der Waals surface area contributed by atoms with E-state index in [0.29, 0.717) is 10.6 Å². The first kappa shape index (κ1) is 15.1. The van der Waals surface area contributed by atoms with E-state index < -0.39 is 15.7 Å². The lowest BCUT2D eigenvalue weighted by molar-refractivity contribution is 0.591. The van der Waals surface area contributed by atoms with Crippen molar-refractivity contribution in [3.63, 3.8) is 0 Å². The van der Waals surface area contributed by atoms with Gasteiger partial charge < -0.3 is 5.73 Å².